The van der Waals surface area contributed by atoms with E-state index < -0.39 is 10.0 Å². The van der Waals surface area contributed by atoms with E-state index in [9.17, 15) is 8.42 Å². The van der Waals surface area contributed by atoms with E-state index >= 15 is 0 Å². The normalized spacial score (nSPS) is 24.6. The van der Waals surface area contributed by atoms with Gasteiger partial charge in [0.1, 0.15) is 0 Å². The predicted molar refractivity (Wildman–Crippen MR) is 83.3 cm³/mol. The van der Waals surface area contributed by atoms with Crippen LogP contribution in [0.3, 0.4) is 0 Å². The Labute approximate surface area is 124 Å². The lowest BCUT2D eigenvalue weighted by Crippen LogP contribution is -2.47. The van der Waals surface area contributed by atoms with Crippen LogP contribution in [0.5, 0.6) is 0 Å². The molecule has 0 atom stereocenters. The minimum Gasteiger partial charge on any atom is -0.300 e. The van der Waals surface area contributed by atoms with Gasteiger partial charge in [-0.25, -0.2) is 12.7 Å². The van der Waals surface area contributed by atoms with E-state index in [2.05, 4.69) is 4.90 Å². The molecule has 0 aromatic carbocycles. The molecule has 5 heteroatoms. The highest BCUT2D eigenvalue weighted by atomic mass is 32.2. The Morgan fingerprint density at radius 1 is 0.950 bits per heavy atom. The molecule has 0 N–H and O–H groups in total. The highest BCUT2D eigenvalue weighted by Crippen LogP contribution is 2.22. The number of sulfonamides is 1. The molecule has 2 aliphatic heterocycles. The lowest BCUT2D eigenvalue weighted by Gasteiger charge is -2.37. The van der Waals surface area contributed by atoms with Gasteiger partial charge in [0.15, 0.2) is 0 Å². The molecule has 0 bridgehead atoms. The molecule has 0 amide bonds. The fourth-order valence-electron chi connectivity index (χ4n) is 3.40. The third kappa shape index (κ3) is 4.43. The molecule has 0 aromatic heterocycles. The Bertz CT molecular complexity index is 367. The molecular weight excluding hydrogens is 272 g/mol. The van der Waals surface area contributed by atoms with Crippen LogP contribution < -0.4 is 0 Å². The lowest BCUT2D eigenvalue weighted by molar-refractivity contribution is 0.144. The van der Waals surface area contributed by atoms with Crippen molar-refractivity contribution in [3.05, 3.63) is 0 Å². The molecule has 4 nitrogen and oxygen atoms in total. The Hall–Kier alpha value is -0.130. The number of nitrogens with zero attached hydrogens (tertiary/aromatic N) is 2. The van der Waals surface area contributed by atoms with Crippen molar-refractivity contribution < 1.29 is 8.42 Å². The van der Waals surface area contributed by atoms with E-state index in [0.29, 0.717) is 11.8 Å². The van der Waals surface area contributed by atoms with Gasteiger partial charge in [-0.2, -0.15) is 0 Å². The Morgan fingerprint density at radius 2 is 1.55 bits per heavy atom. The van der Waals surface area contributed by atoms with Gasteiger partial charge in [0.05, 0.1) is 5.75 Å². The van der Waals surface area contributed by atoms with Gasteiger partial charge >= 0.3 is 0 Å². The van der Waals surface area contributed by atoms with Crippen LogP contribution in [0.25, 0.3) is 0 Å². The first kappa shape index (κ1) is 16.2. The highest BCUT2D eigenvalue weighted by molar-refractivity contribution is 7.89. The van der Waals surface area contributed by atoms with E-state index in [1.165, 1.54) is 38.8 Å². The van der Waals surface area contributed by atoms with Crippen LogP contribution in [0.4, 0.5) is 0 Å². The van der Waals surface area contributed by atoms with Crippen molar-refractivity contribution in [2.45, 2.75) is 64.3 Å². The molecule has 0 aliphatic carbocycles. The minimum atomic E-state index is -2.99. The summed E-state index contributed by atoms with van der Waals surface area (Å²) in [6.45, 7) is 5.93. The second kappa shape index (κ2) is 7.76. The molecule has 118 valence electrons. The summed E-state index contributed by atoms with van der Waals surface area (Å²) in [5.74, 6) is 0.331. The minimum absolute atomic E-state index is 0.331. The molecule has 2 aliphatic rings. The number of rotatable bonds is 5. The van der Waals surface area contributed by atoms with Crippen LogP contribution >= 0.6 is 0 Å². The number of hydrogen-bond donors (Lipinski definition) is 0. The van der Waals surface area contributed by atoms with Crippen molar-refractivity contribution in [3.8, 4) is 0 Å². The van der Waals surface area contributed by atoms with Crippen molar-refractivity contribution in [2.24, 2.45) is 0 Å². The zero-order valence-corrected chi connectivity index (χ0v) is 13.7. The first-order valence-electron chi connectivity index (χ1n) is 8.35. The SMILES string of the molecule is CCCCS(=O)(=O)N1CCC(N2CCCCCC2)CC1. The van der Waals surface area contributed by atoms with E-state index in [0.717, 1.165) is 38.8 Å². The average molecular weight is 302 g/mol. The maximum Gasteiger partial charge on any atom is 0.214 e. The van der Waals surface area contributed by atoms with Gasteiger partial charge in [0, 0.05) is 19.1 Å². The maximum atomic E-state index is 12.2. The quantitative estimate of drug-likeness (QED) is 0.783. The van der Waals surface area contributed by atoms with Gasteiger partial charge in [-0.3, -0.25) is 0 Å². The standard InChI is InChI=1S/C15H30N2O2S/c1-2-3-14-20(18,19)17-12-8-15(9-13-17)16-10-6-4-5-7-11-16/h15H,2-14H2,1H3. The zero-order valence-electron chi connectivity index (χ0n) is 12.9. The van der Waals surface area contributed by atoms with E-state index in [1.54, 1.807) is 4.31 Å². The lowest BCUT2D eigenvalue weighted by atomic mass is 10.0. The average Bonchev–Trinajstić information content (AvgIpc) is 2.74. The summed E-state index contributed by atoms with van der Waals surface area (Å²) in [6.07, 6.45) is 9.13. The third-order valence-corrected chi connectivity index (χ3v) is 6.69. The van der Waals surface area contributed by atoms with Crippen molar-refractivity contribution in [2.75, 3.05) is 31.9 Å². The third-order valence-electron chi connectivity index (χ3n) is 4.73. The molecule has 0 spiro atoms. The summed E-state index contributed by atoms with van der Waals surface area (Å²) in [6, 6.07) is 0.616. The van der Waals surface area contributed by atoms with Gasteiger partial charge in [-0.05, 0) is 45.2 Å². The molecule has 2 saturated heterocycles. The monoisotopic (exact) mass is 302 g/mol. The predicted octanol–water partition coefficient (Wildman–Crippen LogP) is 2.46. The molecule has 0 saturated carbocycles. The molecular formula is C15H30N2O2S. The topological polar surface area (TPSA) is 40.6 Å². The molecule has 0 radical (unpaired) electrons. The number of hydrogen-bond acceptors (Lipinski definition) is 3. The van der Waals surface area contributed by atoms with Gasteiger partial charge < -0.3 is 4.90 Å². The van der Waals surface area contributed by atoms with Crippen LogP contribution in [0.2, 0.25) is 0 Å². The van der Waals surface area contributed by atoms with Crippen LogP contribution in [-0.2, 0) is 10.0 Å². The first-order chi connectivity index (χ1) is 9.63. The van der Waals surface area contributed by atoms with Crippen molar-refractivity contribution >= 4 is 10.0 Å². The summed E-state index contributed by atoms with van der Waals surface area (Å²) >= 11 is 0. The zero-order chi connectivity index (χ0) is 14.4. The largest absolute Gasteiger partial charge is 0.300 e. The van der Waals surface area contributed by atoms with E-state index in [4.69, 9.17) is 0 Å². The van der Waals surface area contributed by atoms with Crippen molar-refractivity contribution in [3.63, 3.8) is 0 Å². The Kier molecular flexibility index (Phi) is 6.30. The number of piperidine rings is 1. The summed E-state index contributed by atoms with van der Waals surface area (Å²) in [4.78, 5) is 2.61. The molecule has 2 fully saturated rings. The van der Waals surface area contributed by atoms with Crippen LogP contribution in [0, 0.1) is 0 Å². The van der Waals surface area contributed by atoms with Crippen LogP contribution in [0.1, 0.15) is 58.3 Å². The molecule has 2 heterocycles. The fourth-order valence-corrected chi connectivity index (χ4v) is 5.08. The molecule has 20 heavy (non-hydrogen) atoms. The summed E-state index contributed by atoms with van der Waals surface area (Å²) in [7, 11) is -2.99. The summed E-state index contributed by atoms with van der Waals surface area (Å²) in [5, 5.41) is 0. The second-order valence-electron chi connectivity index (χ2n) is 6.25. The number of likely N-dealkylation sites (tertiary alicyclic amines) is 1. The van der Waals surface area contributed by atoms with Gasteiger partial charge in [-0.15, -0.1) is 0 Å². The second-order valence-corrected chi connectivity index (χ2v) is 8.34. The van der Waals surface area contributed by atoms with Crippen molar-refractivity contribution in [1.82, 2.24) is 9.21 Å². The molecule has 0 unspecified atom stereocenters. The Balaban J connectivity index is 1.82. The van der Waals surface area contributed by atoms with Crippen LogP contribution in [-0.4, -0.2) is 55.6 Å². The van der Waals surface area contributed by atoms with Crippen LogP contribution in [0.15, 0.2) is 0 Å². The van der Waals surface area contributed by atoms with Crippen molar-refractivity contribution in [1.29, 1.82) is 0 Å². The van der Waals surface area contributed by atoms with E-state index in [1.807, 2.05) is 6.92 Å². The summed E-state index contributed by atoms with van der Waals surface area (Å²) in [5.41, 5.74) is 0. The first-order valence-corrected chi connectivity index (χ1v) is 9.96. The maximum absolute atomic E-state index is 12.2. The molecule has 0 aromatic rings. The van der Waals surface area contributed by atoms with E-state index in [-0.39, 0.29) is 0 Å². The van der Waals surface area contributed by atoms with Gasteiger partial charge in [0.2, 0.25) is 10.0 Å². The summed E-state index contributed by atoms with van der Waals surface area (Å²) < 4.78 is 26.1. The highest BCUT2D eigenvalue weighted by Gasteiger charge is 2.30. The number of unbranched alkanes of at least 4 members (excludes halogenated alkanes) is 1. The fraction of sp³-hybridized carbons (Fsp3) is 1.00. The molecule has 2 rings (SSSR count). The Morgan fingerprint density at radius 3 is 2.10 bits per heavy atom. The smallest absolute Gasteiger partial charge is 0.214 e. The van der Waals surface area contributed by atoms with Gasteiger partial charge in [0.25, 0.3) is 0 Å². The van der Waals surface area contributed by atoms with Gasteiger partial charge in [-0.1, -0.05) is 26.2 Å².